The van der Waals surface area contributed by atoms with Crippen molar-refractivity contribution in [1.82, 2.24) is 25.2 Å². The minimum atomic E-state index is -3.99. The minimum absolute atomic E-state index is 0.0451. The van der Waals surface area contributed by atoms with E-state index in [0.29, 0.717) is 62.1 Å². The quantitative estimate of drug-likeness (QED) is 0.345. The van der Waals surface area contributed by atoms with Gasteiger partial charge in [0.1, 0.15) is 34.7 Å². The van der Waals surface area contributed by atoms with E-state index in [2.05, 4.69) is 15.4 Å². The van der Waals surface area contributed by atoms with E-state index in [0.717, 1.165) is 29.3 Å². The summed E-state index contributed by atoms with van der Waals surface area (Å²) in [6, 6.07) is 3.62. The molecule has 3 fully saturated rings. The summed E-state index contributed by atoms with van der Waals surface area (Å²) in [6.07, 6.45) is 8.63. The molecule has 5 atom stereocenters. The SMILES string of the molecule is COc1ccc2nc(C)c3c(c2c1)CC[C@]1(C[C@H]2C(=O)N[C@]4(C(=O)NS(=O)(=O)C5(C)CC5)CC4/C=C\CCCCC[C@H](NC(=O)OCC(C)(C)C)C(=O)N2C1)O3. The highest BCUT2D eigenvalue weighted by atomic mass is 32.2. The number of carbonyl (C=O) groups is 4. The molecule has 304 valence electrons. The van der Waals surface area contributed by atoms with Crippen LogP contribution in [0, 0.1) is 18.3 Å². The number of amides is 4. The second-order valence-electron chi connectivity index (χ2n) is 17.9. The van der Waals surface area contributed by atoms with Crippen LogP contribution in [0.3, 0.4) is 0 Å². The van der Waals surface area contributed by atoms with E-state index in [-0.39, 0.29) is 31.4 Å². The third-order valence-electron chi connectivity index (χ3n) is 12.1. The van der Waals surface area contributed by atoms with E-state index in [4.69, 9.17) is 19.2 Å². The first-order valence-electron chi connectivity index (χ1n) is 19.8. The van der Waals surface area contributed by atoms with Crippen LogP contribution in [0.15, 0.2) is 30.4 Å². The van der Waals surface area contributed by atoms with Gasteiger partial charge in [0, 0.05) is 23.3 Å². The van der Waals surface area contributed by atoms with Gasteiger partial charge in [-0.05, 0) is 88.8 Å². The summed E-state index contributed by atoms with van der Waals surface area (Å²) in [4.78, 5) is 62.8. The Hall–Kier alpha value is -4.40. The number of nitrogens with one attached hydrogen (secondary N) is 3. The summed E-state index contributed by atoms with van der Waals surface area (Å²) < 4.78 is 45.6. The number of aromatic nitrogens is 1. The molecule has 3 N–H and O–H groups in total. The Bertz CT molecular complexity index is 2080. The first-order valence-corrected chi connectivity index (χ1v) is 21.3. The second-order valence-corrected chi connectivity index (χ2v) is 20.1. The molecule has 2 aromatic rings. The molecular weight excluding hydrogens is 739 g/mol. The van der Waals surface area contributed by atoms with Crippen LogP contribution in [0.4, 0.5) is 4.79 Å². The van der Waals surface area contributed by atoms with Crippen molar-refractivity contribution >= 4 is 44.7 Å². The molecule has 3 aliphatic heterocycles. The Morgan fingerprint density at radius 2 is 1.88 bits per heavy atom. The molecule has 0 bridgehead atoms. The van der Waals surface area contributed by atoms with Gasteiger partial charge in [0.2, 0.25) is 21.8 Å². The van der Waals surface area contributed by atoms with Crippen molar-refractivity contribution in [1.29, 1.82) is 0 Å². The number of sulfonamides is 1. The Labute approximate surface area is 328 Å². The highest BCUT2D eigenvalue weighted by molar-refractivity contribution is 7.91. The van der Waals surface area contributed by atoms with Gasteiger partial charge < -0.3 is 29.7 Å². The smallest absolute Gasteiger partial charge is 0.407 e. The predicted molar refractivity (Wildman–Crippen MR) is 208 cm³/mol. The van der Waals surface area contributed by atoms with Gasteiger partial charge in [-0.15, -0.1) is 0 Å². The molecule has 14 nitrogen and oxygen atoms in total. The third-order valence-corrected chi connectivity index (χ3v) is 14.3. The Balaban J connectivity index is 1.23. The van der Waals surface area contributed by atoms with Crippen LogP contribution in [0.25, 0.3) is 10.9 Å². The molecule has 4 heterocycles. The summed E-state index contributed by atoms with van der Waals surface area (Å²) in [5.74, 6) is -0.976. The van der Waals surface area contributed by atoms with E-state index in [1.165, 1.54) is 4.90 Å². The van der Waals surface area contributed by atoms with Crippen molar-refractivity contribution in [2.45, 2.75) is 133 Å². The summed E-state index contributed by atoms with van der Waals surface area (Å²) in [5, 5.41) is 6.65. The van der Waals surface area contributed by atoms with Crippen LogP contribution in [0.2, 0.25) is 0 Å². The number of carbonyl (C=O) groups excluding carboxylic acids is 4. The molecule has 15 heteroatoms. The van der Waals surface area contributed by atoms with Crippen LogP contribution in [0.1, 0.15) is 103 Å². The van der Waals surface area contributed by atoms with Crippen LogP contribution in [0.5, 0.6) is 11.5 Å². The predicted octanol–water partition coefficient (Wildman–Crippen LogP) is 4.75. The molecule has 4 amide bonds. The number of nitrogens with zero attached hydrogens (tertiary/aromatic N) is 2. The lowest BCUT2D eigenvalue weighted by molar-refractivity contribution is -0.141. The Morgan fingerprint density at radius 3 is 2.59 bits per heavy atom. The highest BCUT2D eigenvalue weighted by Crippen LogP contribution is 2.49. The normalized spacial score (nSPS) is 29.3. The van der Waals surface area contributed by atoms with E-state index >= 15 is 0 Å². The molecule has 1 saturated heterocycles. The average Bonchev–Trinajstić information content (AvgIpc) is 4.04. The largest absolute Gasteiger partial charge is 0.497 e. The number of fused-ring (bicyclic) bond motifs is 5. The monoisotopic (exact) mass is 793 g/mol. The van der Waals surface area contributed by atoms with Gasteiger partial charge in [0.05, 0.1) is 36.2 Å². The van der Waals surface area contributed by atoms with Crippen molar-refractivity contribution in [3.63, 3.8) is 0 Å². The van der Waals surface area contributed by atoms with E-state index in [1.807, 2.05) is 58.0 Å². The molecule has 0 radical (unpaired) electrons. The van der Waals surface area contributed by atoms with Crippen LogP contribution < -0.4 is 24.8 Å². The van der Waals surface area contributed by atoms with Crippen LogP contribution in [-0.4, -0.2) is 90.3 Å². The fraction of sp³-hybridized carbons (Fsp3) is 0.634. The van der Waals surface area contributed by atoms with Gasteiger partial charge in [-0.1, -0.05) is 45.8 Å². The molecule has 7 rings (SSSR count). The van der Waals surface area contributed by atoms with Gasteiger partial charge in [-0.3, -0.25) is 19.1 Å². The number of benzene rings is 1. The number of ether oxygens (including phenoxy) is 3. The number of pyridine rings is 1. The summed E-state index contributed by atoms with van der Waals surface area (Å²) in [6.45, 7) is 9.48. The topological polar surface area (TPSA) is 182 Å². The molecule has 1 unspecified atom stereocenters. The molecule has 1 aromatic heterocycles. The van der Waals surface area contributed by atoms with Crippen molar-refractivity contribution in [3.05, 3.63) is 41.6 Å². The lowest BCUT2D eigenvalue weighted by Gasteiger charge is -2.36. The second kappa shape index (κ2) is 14.5. The van der Waals surface area contributed by atoms with Gasteiger partial charge >= 0.3 is 6.09 Å². The highest BCUT2D eigenvalue weighted by Gasteiger charge is 2.64. The number of methoxy groups -OCH3 is 1. The number of hydrogen-bond donors (Lipinski definition) is 3. The minimum Gasteiger partial charge on any atom is -0.497 e. The molecule has 1 aromatic carbocycles. The van der Waals surface area contributed by atoms with Crippen molar-refractivity contribution in [2.75, 3.05) is 20.3 Å². The first kappa shape index (κ1) is 39.8. The zero-order valence-electron chi connectivity index (χ0n) is 33.3. The molecule has 1 spiro atoms. The molecule has 5 aliphatic rings. The van der Waals surface area contributed by atoms with E-state index in [1.54, 1.807) is 14.0 Å². The number of allylic oxidation sites excluding steroid dienone is 1. The lowest BCUT2D eigenvalue weighted by atomic mass is 9.87. The number of aryl methyl sites for hydroxylation is 2. The zero-order valence-corrected chi connectivity index (χ0v) is 34.1. The number of hydrogen-bond acceptors (Lipinski definition) is 10. The van der Waals surface area contributed by atoms with Crippen LogP contribution >= 0.6 is 0 Å². The standard InChI is InChI=1S/C41H55N5O9S/c1-25-33-28(29-20-27(53-6)14-15-30(29)42-25)16-17-40(55-33)22-32-34(47)44-41(36(49)45-56(51,52)39(5)18-19-39)21-26(41)12-10-8-7-9-11-13-31(35(48)46(32)23-40)43-37(50)54-24-38(2,3)4/h10,12,14-15,20,26,31-32H,7-9,11,13,16-19,21-24H2,1-6H3,(H,43,50)(H,44,47)(H,45,49)/b12-10-/t26?,31-,32-,40+,41+/m0/s1. The average molecular weight is 794 g/mol. The van der Waals surface area contributed by atoms with Crippen LogP contribution in [-0.2, 0) is 35.6 Å². The zero-order chi connectivity index (χ0) is 40.3. The summed E-state index contributed by atoms with van der Waals surface area (Å²) in [5.41, 5.74) is -0.355. The molecular formula is C41H55N5O9S. The molecule has 56 heavy (non-hydrogen) atoms. The Morgan fingerprint density at radius 1 is 1.11 bits per heavy atom. The van der Waals surface area contributed by atoms with E-state index in [9.17, 15) is 27.6 Å². The summed E-state index contributed by atoms with van der Waals surface area (Å²) in [7, 11) is -2.38. The summed E-state index contributed by atoms with van der Waals surface area (Å²) >= 11 is 0. The lowest BCUT2D eigenvalue weighted by Crippen LogP contribution is -2.58. The number of rotatable bonds is 6. The molecule has 2 aliphatic carbocycles. The fourth-order valence-electron chi connectivity index (χ4n) is 8.26. The van der Waals surface area contributed by atoms with Crippen molar-refractivity contribution in [3.8, 4) is 11.5 Å². The number of alkyl carbamates (subject to hydrolysis) is 1. The van der Waals surface area contributed by atoms with E-state index < -0.39 is 67.7 Å². The fourth-order valence-corrected chi connectivity index (χ4v) is 9.58. The third kappa shape index (κ3) is 7.79. The van der Waals surface area contributed by atoms with Crippen molar-refractivity contribution < 1.29 is 41.8 Å². The maximum absolute atomic E-state index is 14.8. The van der Waals surface area contributed by atoms with Gasteiger partial charge in [-0.2, -0.15) is 0 Å². The maximum atomic E-state index is 14.8. The van der Waals surface area contributed by atoms with Gasteiger partial charge in [0.15, 0.2) is 0 Å². The van der Waals surface area contributed by atoms with Gasteiger partial charge in [0.25, 0.3) is 5.91 Å². The first-order chi connectivity index (χ1) is 26.4. The van der Waals surface area contributed by atoms with Gasteiger partial charge in [-0.25, -0.2) is 18.2 Å². The molecule has 2 saturated carbocycles. The van der Waals surface area contributed by atoms with Crippen molar-refractivity contribution in [2.24, 2.45) is 11.3 Å². The Kier molecular flexibility index (Phi) is 10.3. The maximum Gasteiger partial charge on any atom is 0.407 e.